The summed E-state index contributed by atoms with van der Waals surface area (Å²) in [5.41, 5.74) is 3.72. The molecule has 2 aromatic carbocycles. The summed E-state index contributed by atoms with van der Waals surface area (Å²) >= 11 is 0. The van der Waals surface area contributed by atoms with Gasteiger partial charge in [0.05, 0.1) is 17.7 Å². The summed E-state index contributed by atoms with van der Waals surface area (Å²) in [4.78, 5) is 33.4. The maximum absolute atomic E-state index is 12.8. The Kier molecular flexibility index (Phi) is 5.32. The van der Waals surface area contributed by atoms with Crippen molar-refractivity contribution in [1.29, 1.82) is 5.26 Å². The number of nitrogens with one attached hydrogen (secondary N) is 2. The highest BCUT2D eigenvalue weighted by molar-refractivity contribution is 5.97. The molecule has 2 heterocycles. The molecule has 1 aliphatic heterocycles. The summed E-state index contributed by atoms with van der Waals surface area (Å²) in [6.45, 7) is 0.453. The number of carbonyl (C=O) groups excluding carboxylic acids is 2. The van der Waals surface area contributed by atoms with Gasteiger partial charge in [-0.3, -0.25) is 9.59 Å². The Morgan fingerprint density at radius 1 is 1.03 bits per heavy atom. The molecule has 0 saturated carbocycles. The Labute approximate surface area is 189 Å². The molecule has 0 bridgehead atoms. The number of benzene rings is 2. The van der Waals surface area contributed by atoms with Gasteiger partial charge in [-0.05, 0) is 53.8 Å². The molecule has 0 spiro atoms. The van der Waals surface area contributed by atoms with Crippen molar-refractivity contribution in [2.24, 2.45) is 0 Å². The Morgan fingerprint density at radius 3 is 2.70 bits per heavy atom. The molecule has 1 aliphatic carbocycles. The zero-order valence-electron chi connectivity index (χ0n) is 17.5. The van der Waals surface area contributed by atoms with Crippen LogP contribution in [0.3, 0.4) is 0 Å². The van der Waals surface area contributed by atoms with Gasteiger partial charge in [0.15, 0.2) is 11.5 Å². The standard InChI is InChI=1S/C24H19N5O4/c25-10-14-1-4-17-16(7-14)3-5-18(17)29-24(31)20-9-19(27-12-28-20)23(30)26-11-15-2-6-21-22(8-15)33-13-32-21/h1-2,4,6-9,12,18H,3,5,11,13H2,(H,26,30)(H,29,31). The van der Waals surface area contributed by atoms with Crippen LogP contribution in [-0.2, 0) is 13.0 Å². The summed E-state index contributed by atoms with van der Waals surface area (Å²) in [5, 5.41) is 14.8. The summed E-state index contributed by atoms with van der Waals surface area (Å²) in [5.74, 6) is 0.510. The third kappa shape index (κ3) is 4.19. The lowest BCUT2D eigenvalue weighted by molar-refractivity contribution is 0.0931. The van der Waals surface area contributed by atoms with Crippen LogP contribution < -0.4 is 20.1 Å². The van der Waals surface area contributed by atoms with Gasteiger partial charge in [0.1, 0.15) is 17.7 Å². The third-order valence-corrected chi connectivity index (χ3v) is 5.68. The van der Waals surface area contributed by atoms with Gasteiger partial charge in [-0.25, -0.2) is 9.97 Å². The van der Waals surface area contributed by atoms with E-state index in [-0.39, 0.29) is 36.7 Å². The minimum Gasteiger partial charge on any atom is -0.454 e. The molecule has 9 heteroatoms. The number of aromatic nitrogens is 2. The number of nitriles is 1. The quantitative estimate of drug-likeness (QED) is 0.623. The number of amides is 2. The average Bonchev–Trinajstić information content (AvgIpc) is 3.48. The summed E-state index contributed by atoms with van der Waals surface area (Å²) < 4.78 is 10.6. The number of hydrogen-bond acceptors (Lipinski definition) is 7. The van der Waals surface area contributed by atoms with E-state index in [1.54, 1.807) is 18.2 Å². The molecule has 164 valence electrons. The zero-order chi connectivity index (χ0) is 22.8. The number of nitrogens with zero attached hydrogens (tertiary/aromatic N) is 3. The van der Waals surface area contributed by atoms with Crippen LogP contribution in [0.4, 0.5) is 0 Å². The van der Waals surface area contributed by atoms with Crippen LogP contribution in [-0.4, -0.2) is 28.6 Å². The first-order chi connectivity index (χ1) is 16.1. The number of carbonyl (C=O) groups is 2. The van der Waals surface area contributed by atoms with Crippen molar-refractivity contribution in [3.8, 4) is 17.6 Å². The molecule has 33 heavy (non-hydrogen) atoms. The number of fused-ring (bicyclic) bond motifs is 2. The summed E-state index contributed by atoms with van der Waals surface area (Å²) in [6, 6.07) is 14.3. The van der Waals surface area contributed by atoms with Crippen molar-refractivity contribution in [1.82, 2.24) is 20.6 Å². The molecule has 2 amide bonds. The van der Waals surface area contributed by atoms with Gasteiger partial charge in [0.2, 0.25) is 6.79 Å². The number of ether oxygens (including phenoxy) is 2. The number of rotatable bonds is 5. The van der Waals surface area contributed by atoms with Gasteiger partial charge in [-0.15, -0.1) is 0 Å². The molecule has 1 atom stereocenters. The lowest BCUT2D eigenvalue weighted by atomic mass is 10.1. The van der Waals surface area contributed by atoms with Crippen molar-refractivity contribution in [3.05, 3.63) is 82.4 Å². The Bertz CT molecular complexity index is 1300. The monoisotopic (exact) mass is 441 g/mol. The van der Waals surface area contributed by atoms with Crippen LogP contribution in [0.1, 0.15) is 55.7 Å². The molecule has 9 nitrogen and oxygen atoms in total. The highest BCUT2D eigenvalue weighted by Gasteiger charge is 2.25. The van der Waals surface area contributed by atoms with E-state index in [1.165, 1.54) is 12.4 Å². The fraction of sp³-hybridized carbons (Fsp3) is 0.208. The van der Waals surface area contributed by atoms with Gasteiger partial charge in [0, 0.05) is 12.6 Å². The molecule has 0 radical (unpaired) electrons. The maximum atomic E-state index is 12.8. The van der Waals surface area contributed by atoms with Crippen LogP contribution >= 0.6 is 0 Å². The molecular formula is C24H19N5O4. The van der Waals surface area contributed by atoms with E-state index < -0.39 is 5.91 Å². The van der Waals surface area contributed by atoms with E-state index in [0.717, 1.165) is 29.5 Å². The minimum absolute atomic E-state index is 0.0985. The lowest BCUT2D eigenvalue weighted by Gasteiger charge is -2.14. The fourth-order valence-electron chi connectivity index (χ4n) is 4.00. The van der Waals surface area contributed by atoms with E-state index in [1.807, 2.05) is 18.2 Å². The maximum Gasteiger partial charge on any atom is 0.270 e. The van der Waals surface area contributed by atoms with Crippen LogP contribution in [0.2, 0.25) is 0 Å². The van der Waals surface area contributed by atoms with E-state index in [0.29, 0.717) is 17.1 Å². The summed E-state index contributed by atoms with van der Waals surface area (Å²) in [7, 11) is 0. The van der Waals surface area contributed by atoms with Gasteiger partial charge in [-0.1, -0.05) is 12.1 Å². The number of hydrogen-bond donors (Lipinski definition) is 2. The highest BCUT2D eigenvalue weighted by atomic mass is 16.7. The second kappa shape index (κ2) is 8.59. The summed E-state index contributed by atoms with van der Waals surface area (Å²) in [6.07, 6.45) is 2.73. The minimum atomic E-state index is -0.417. The van der Waals surface area contributed by atoms with Crippen molar-refractivity contribution < 1.29 is 19.1 Å². The van der Waals surface area contributed by atoms with Gasteiger partial charge in [0.25, 0.3) is 11.8 Å². The SMILES string of the molecule is N#Cc1ccc2c(c1)CCC2NC(=O)c1cc(C(=O)NCc2ccc3c(c2)OCO3)ncn1. The second-order valence-electron chi connectivity index (χ2n) is 7.75. The predicted octanol–water partition coefficient (Wildman–Crippen LogP) is 2.42. The van der Waals surface area contributed by atoms with E-state index >= 15 is 0 Å². The second-order valence-corrected chi connectivity index (χ2v) is 7.75. The van der Waals surface area contributed by atoms with Gasteiger partial charge in [-0.2, -0.15) is 5.26 Å². The molecule has 0 saturated heterocycles. The molecular weight excluding hydrogens is 422 g/mol. The van der Waals surface area contributed by atoms with Crippen LogP contribution in [0.25, 0.3) is 0 Å². The highest BCUT2D eigenvalue weighted by Crippen LogP contribution is 2.33. The Balaban J connectivity index is 1.23. The normalized spacial score (nSPS) is 15.4. The first-order valence-corrected chi connectivity index (χ1v) is 10.4. The topological polar surface area (TPSA) is 126 Å². The fourth-order valence-corrected chi connectivity index (χ4v) is 4.00. The molecule has 3 aromatic rings. The molecule has 2 N–H and O–H groups in total. The smallest absolute Gasteiger partial charge is 0.270 e. The van der Waals surface area contributed by atoms with Crippen molar-refractivity contribution in [2.45, 2.75) is 25.4 Å². The molecule has 5 rings (SSSR count). The molecule has 0 fully saturated rings. The Hall–Kier alpha value is -4.45. The molecule has 1 aromatic heterocycles. The third-order valence-electron chi connectivity index (χ3n) is 5.68. The first kappa shape index (κ1) is 20.5. The van der Waals surface area contributed by atoms with Crippen LogP contribution in [0.15, 0.2) is 48.8 Å². The molecule has 2 aliphatic rings. The average molecular weight is 441 g/mol. The molecule has 1 unspecified atom stereocenters. The van der Waals surface area contributed by atoms with Gasteiger partial charge < -0.3 is 20.1 Å². The van der Waals surface area contributed by atoms with Crippen molar-refractivity contribution in [3.63, 3.8) is 0 Å². The van der Waals surface area contributed by atoms with Crippen molar-refractivity contribution >= 4 is 11.8 Å². The zero-order valence-corrected chi connectivity index (χ0v) is 17.5. The van der Waals surface area contributed by atoms with Gasteiger partial charge >= 0.3 is 0 Å². The largest absolute Gasteiger partial charge is 0.454 e. The lowest BCUT2D eigenvalue weighted by Crippen LogP contribution is -2.29. The predicted molar refractivity (Wildman–Crippen MR) is 115 cm³/mol. The first-order valence-electron chi connectivity index (χ1n) is 10.4. The van der Waals surface area contributed by atoms with E-state index in [9.17, 15) is 9.59 Å². The van der Waals surface area contributed by atoms with Crippen molar-refractivity contribution in [2.75, 3.05) is 6.79 Å². The van der Waals surface area contributed by atoms with E-state index in [4.69, 9.17) is 14.7 Å². The Morgan fingerprint density at radius 2 is 1.85 bits per heavy atom. The number of aryl methyl sites for hydroxylation is 1. The van der Waals surface area contributed by atoms with Crippen LogP contribution in [0, 0.1) is 11.3 Å². The van der Waals surface area contributed by atoms with Crippen LogP contribution in [0.5, 0.6) is 11.5 Å². The van der Waals surface area contributed by atoms with E-state index in [2.05, 4.69) is 26.7 Å².